The maximum absolute atomic E-state index is 12.2. The molecule has 2 aromatic heterocycles. The van der Waals surface area contributed by atoms with Crippen LogP contribution in [0.2, 0.25) is 0 Å². The predicted octanol–water partition coefficient (Wildman–Crippen LogP) is 5.09. The summed E-state index contributed by atoms with van der Waals surface area (Å²) in [5.74, 6) is 1.03. The Balaban J connectivity index is 1.45. The van der Waals surface area contributed by atoms with E-state index in [0.717, 1.165) is 26.5 Å². The lowest BCUT2D eigenvalue weighted by Crippen LogP contribution is -2.07. The Morgan fingerprint density at radius 1 is 1.07 bits per heavy atom. The fraction of sp³-hybridized carbons (Fsp3) is 0.0952. The molecule has 146 valence electrons. The SMILES string of the molecule is COc1ccc(-c2csc(NC(=O)/C=C/c3nc4ccccc4s3)n2)cc1OC. The van der Waals surface area contributed by atoms with Gasteiger partial charge in [-0.25, -0.2) is 9.97 Å². The number of methoxy groups -OCH3 is 2. The predicted molar refractivity (Wildman–Crippen MR) is 118 cm³/mol. The highest BCUT2D eigenvalue weighted by atomic mass is 32.1. The van der Waals surface area contributed by atoms with Gasteiger partial charge in [-0.2, -0.15) is 0 Å². The van der Waals surface area contributed by atoms with Gasteiger partial charge in [0.1, 0.15) is 5.01 Å². The molecule has 0 unspecified atom stereocenters. The summed E-state index contributed by atoms with van der Waals surface area (Å²) in [4.78, 5) is 21.2. The summed E-state index contributed by atoms with van der Waals surface area (Å²) >= 11 is 2.90. The molecule has 29 heavy (non-hydrogen) atoms. The van der Waals surface area contributed by atoms with Crippen molar-refractivity contribution in [3.8, 4) is 22.8 Å². The second-order valence-corrected chi connectivity index (χ2v) is 7.87. The third kappa shape index (κ3) is 4.28. The maximum atomic E-state index is 12.2. The first-order chi connectivity index (χ1) is 14.2. The summed E-state index contributed by atoms with van der Waals surface area (Å²) < 4.78 is 11.7. The summed E-state index contributed by atoms with van der Waals surface area (Å²) in [5.41, 5.74) is 2.56. The van der Waals surface area contributed by atoms with Gasteiger partial charge in [-0.1, -0.05) is 12.1 Å². The van der Waals surface area contributed by atoms with Crippen molar-refractivity contribution in [2.45, 2.75) is 0 Å². The molecule has 0 aliphatic heterocycles. The summed E-state index contributed by atoms with van der Waals surface area (Å²) in [7, 11) is 3.18. The zero-order valence-electron chi connectivity index (χ0n) is 15.7. The van der Waals surface area contributed by atoms with E-state index in [4.69, 9.17) is 9.47 Å². The Kier molecular flexibility index (Phi) is 5.55. The number of hydrogen-bond donors (Lipinski definition) is 1. The van der Waals surface area contributed by atoms with Crippen LogP contribution in [0.25, 0.3) is 27.6 Å². The number of benzene rings is 2. The van der Waals surface area contributed by atoms with E-state index in [1.165, 1.54) is 17.4 Å². The number of rotatable bonds is 6. The standard InChI is InChI=1S/C21H17N3O3S2/c1-26-16-8-7-13(11-17(16)27-2)15-12-28-21(23-15)24-19(25)9-10-20-22-14-5-3-4-6-18(14)29-20/h3-12H,1-2H3,(H,23,24,25)/b10-9+. The van der Waals surface area contributed by atoms with Gasteiger partial charge in [0, 0.05) is 17.0 Å². The van der Waals surface area contributed by atoms with Gasteiger partial charge >= 0.3 is 0 Å². The average Bonchev–Trinajstić information content (AvgIpc) is 3.38. The number of nitrogens with one attached hydrogen (secondary N) is 1. The third-order valence-corrected chi connectivity index (χ3v) is 5.86. The second kappa shape index (κ2) is 8.42. The number of anilines is 1. The summed E-state index contributed by atoms with van der Waals surface area (Å²) in [6.07, 6.45) is 3.18. The molecule has 0 aliphatic rings. The van der Waals surface area contributed by atoms with Crippen molar-refractivity contribution in [2.24, 2.45) is 0 Å². The summed E-state index contributed by atoms with van der Waals surface area (Å²) in [6.45, 7) is 0. The van der Waals surface area contributed by atoms with Gasteiger partial charge in [-0.15, -0.1) is 22.7 Å². The van der Waals surface area contributed by atoms with Crippen LogP contribution in [0.15, 0.2) is 53.9 Å². The molecule has 0 bridgehead atoms. The van der Waals surface area contributed by atoms with E-state index >= 15 is 0 Å². The van der Waals surface area contributed by atoms with Crippen molar-refractivity contribution in [1.82, 2.24) is 9.97 Å². The minimum absolute atomic E-state index is 0.252. The second-order valence-electron chi connectivity index (χ2n) is 5.95. The number of nitrogens with zero attached hydrogens (tertiary/aromatic N) is 2. The van der Waals surface area contributed by atoms with Crippen LogP contribution >= 0.6 is 22.7 Å². The molecule has 2 heterocycles. The molecule has 8 heteroatoms. The van der Waals surface area contributed by atoms with Gasteiger partial charge < -0.3 is 9.47 Å². The molecule has 0 spiro atoms. The van der Waals surface area contributed by atoms with Crippen molar-refractivity contribution in [3.05, 3.63) is 58.9 Å². The van der Waals surface area contributed by atoms with Crippen molar-refractivity contribution in [2.75, 3.05) is 19.5 Å². The van der Waals surface area contributed by atoms with E-state index < -0.39 is 0 Å². The van der Waals surface area contributed by atoms with Gasteiger partial charge in [0.25, 0.3) is 0 Å². The molecule has 1 amide bonds. The van der Waals surface area contributed by atoms with Crippen molar-refractivity contribution in [3.63, 3.8) is 0 Å². The van der Waals surface area contributed by atoms with Crippen LogP contribution in [0.4, 0.5) is 5.13 Å². The van der Waals surface area contributed by atoms with Gasteiger partial charge in [-0.3, -0.25) is 10.1 Å². The quantitative estimate of drug-likeness (QED) is 0.437. The highest BCUT2D eigenvalue weighted by Crippen LogP contribution is 2.33. The molecule has 0 aliphatic carbocycles. The first-order valence-corrected chi connectivity index (χ1v) is 10.4. The lowest BCUT2D eigenvalue weighted by Gasteiger charge is -2.08. The minimum atomic E-state index is -0.252. The summed E-state index contributed by atoms with van der Waals surface area (Å²) in [6, 6.07) is 13.5. The van der Waals surface area contributed by atoms with Crippen LogP contribution < -0.4 is 14.8 Å². The van der Waals surface area contributed by atoms with Gasteiger partial charge in [0.2, 0.25) is 5.91 Å². The van der Waals surface area contributed by atoms with Crippen molar-refractivity contribution >= 4 is 50.0 Å². The fourth-order valence-electron chi connectivity index (χ4n) is 2.71. The number of aromatic nitrogens is 2. The van der Waals surface area contributed by atoms with E-state index in [-0.39, 0.29) is 5.91 Å². The molecule has 0 saturated heterocycles. The molecular formula is C21H17N3O3S2. The van der Waals surface area contributed by atoms with Crippen LogP contribution in [0.1, 0.15) is 5.01 Å². The number of hydrogen-bond acceptors (Lipinski definition) is 7. The van der Waals surface area contributed by atoms with Crippen LogP contribution in [0.3, 0.4) is 0 Å². The Labute approximate surface area is 175 Å². The zero-order valence-corrected chi connectivity index (χ0v) is 17.3. The number of thiazole rings is 2. The van der Waals surface area contributed by atoms with Crippen LogP contribution in [-0.2, 0) is 4.79 Å². The molecule has 2 aromatic carbocycles. The Morgan fingerprint density at radius 3 is 2.69 bits per heavy atom. The minimum Gasteiger partial charge on any atom is -0.493 e. The van der Waals surface area contributed by atoms with Gasteiger partial charge in [0.05, 0.1) is 30.1 Å². The zero-order chi connectivity index (χ0) is 20.2. The Morgan fingerprint density at radius 2 is 1.90 bits per heavy atom. The van der Waals surface area contributed by atoms with Gasteiger partial charge in [0.15, 0.2) is 16.6 Å². The van der Waals surface area contributed by atoms with E-state index in [1.807, 2.05) is 47.8 Å². The van der Waals surface area contributed by atoms with Crippen LogP contribution in [0, 0.1) is 0 Å². The van der Waals surface area contributed by atoms with Crippen LogP contribution in [-0.4, -0.2) is 30.1 Å². The number of carbonyl (C=O) groups excluding carboxylic acids is 1. The van der Waals surface area contributed by atoms with Crippen molar-refractivity contribution < 1.29 is 14.3 Å². The van der Waals surface area contributed by atoms with E-state index in [9.17, 15) is 4.79 Å². The monoisotopic (exact) mass is 423 g/mol. The Hall–Kier alpha value is -3.23. The summed E-state index contributed by atoms with van der Waals surface area (Å²) in [5, 5.41) is 5.98. The largest absolute Gasteiger partial charge is 0.493 e. The molecule has 0 radical (unpaired) electrons. The molecule has 4 rings (SSSR count). The van der Waals surface area contributed by atoms with Crippen molar-refractivity contribution in [1.29, 1.82) is 0 Å². The number of para-hydroxylation sites is 1. The number of ether oxygens (including phenoxy) is 2. The highest BCUT2D eigenvalue weighted by Gasteiger charge is 2.10. The topological polar surface area (TPSA) is 73.3 Å². The molecular weight excluding hydrogens is 406 g/mol. The first kappa shape index (κ1) is 19.1. The number of carbonyl (C=O) groups is 1. The Bertz CT molecular complexity index is 1160. The fourth-order valence-corrected chi connectivity index (χ4v) is 4.31. The molecule has 0 fully saturated rings. The number of amides is 1. The highest BCUT2D eigenvalue weighted by molar-refractivity contribution is 7.19. The smallest absolute Gasteiger partial charge is 0.250 e. The molecule has 6 nitrogen and oxygen atoms in total. The van der Waals surface area contributed by atoms with Crippen LogP contribution in [0.5, 0.6) is 11.5 Å². The first-order valence-electron chi connectivity index (χ1n) is 8.69. The lowest BCUT2D eigenvalue weighted by atomic mass is 10.1. The average molecular weight is 424 g/mol. The number of fused-ring (bicyclic) bond motifs is 1. The van der Waals surface area contributed by atoms with E-state index in [1.54, 1.807) is 31.6 Å². The van der Waals surface area contributed by atoms with E-state index in [0.29, 0.717) is 16.6 Å². The maximum Gasteiger partial charge on any atom is 0.250 e. The third-order valence-electron chi connectivity index (χ3n) is 4.10. The normalized spacial score (nSPS) is 11.1. The van der Waals surface area contributed by atoms with E-state index in [2.05, 4.69) is 15.3 Å². The molecule has 4 aromatic rings. The molecule has 1 N–H and O–H groups in total. The lowest BCUT2D eigenvalue weighted by molar-refractivity contribution is -0.111. The van der Waals surface area contributed by atoms with Gasteiger partial charge in [-0.05, 0) is 36.4 Å². The molecule has 0 atom stereocenters. The molecule has 0 saturated carbocycles.